The van der Waals surface area contributed by atoms with Crippen molar-refractivity contribution in [2.24, 2.45) is 0 Å². The van der Waals surface area contributed by atoms with Crippen molar-refractivity contribution in [2.75, 3.05) is 24.6 Å². The Morgan fingerprint density at radius 3 is 2.77 bits per heavy atom. The fourth-order valence-corrected chi connectivity index (χ4v) is 6.42. The van der Waals surface area contributed by atoms with Gasteiger partial charge in [-0.1, -0.05) is 37.3 Å². The lowest BCUT2D eigenvalue weighted by molar-refractivity contribution is -0.122. The van der Waals surface area contributed by atoms with Gasteiger partial charge in [0, 0.05) is 17.0 Å². The minimum atomic E-state index is -3.04. The van der Waals surface area contributed by atoms with E-state index in [1.807, 2.05) is 47.5 Å². The Bertz CT molecular complexity index is 1250. The molecule has 0 bridgehead atoms. The molecule has 0 radical (unpaired) electrons. The molecule has 1 unspecified atom stereocenters. The van der Waals surface area contributed by atoms with Crippen LogP contribution in [0.2, 0.25) is 0 Å². The number of fused-ring (bicyclic) bond motifs is 1. The monoisotopic (exact) mass is 460 g/mol. The molecule has 1 aliphatic heterocycles. The standard InChI is InChI=1S/C21H24N4O4S2/c1-2-25(11-18(26)22-15-8-9-31(28,29)13-15)10-17-23-20(27)19-16(12-30-21(19)24-17)14-6-4-3-5-7-14/h3-7,12,15H,2,8-11,13H2,1H3,(H,22,26)(H,23,24,27). The molecule has 164 valence electrons. The lowest BCUT2D eigenvalue weighted by Crippen LogP contribution is -2.42. The van der Waals surface area contributed by atoms with Gasteiger partial charge in [0.25, 0.3) is 5.56 Å². The number of hydrogen-bond donors (Lipinski definition) is 2. The molecular formula is C21H24N4O4S2. The van der Waals surface area contributed by atoms with Crippen LogP contribution in [0.4, 0.5) is 0 Å². The number of rotatable bonds is 7. The van der Waals surface area contributed by atoms with E-state index in [1.54, 1.807) is 0 Å². The largest absolute Gasteiger partial charge is 0.351 e. The third-order valence-corrected chi connectivity index (χ3v) is 8.00. The van der Waals surface area contributed by atoms with E-state index in [4.69, 9.17) is 0 Å². The number of hydrogen-bond acceptors (Lipinski definition) is 7. The van der Waals surface area contributed by atoms with Crippen molar-refractivity contribution in [2.45, 2.75) is 25.9 Å². The van der Waals surface area contributed by atoms with Crippen molar-refractivity contribution in [1.82, 2.24) is 20.2 Å². The number of benzene rings is 1. The Hall–Kier alpha value is -2.56. The number of H-pyrrole nitrogens is 1. The summed E-state index contributed by atoms with van der Waals surface area (Å²) in [5, 5.41) is 5.31. The first kappa shape index (κ1) is 21.7. The number of sulfone groups is 1. The molecule has 1 saturated heterocycles. The molecule has 3 heterocycles. The fraction of sp³-hybridized carbons (Fsp3) is 0.381. The number of carbonyl (C=O) groups is 1. The number of aromatic amines is 1. The van der Waals surface area contributed by atoms with Crippen LogP contribution in [0.15, 0.2) is 40.5 Å². The highest BCUT2D eigenvalue weighted by molar-refractivity contribution is 7.91. The first-order valence-corrected chi connectivity index (χ1v) is 12.8. The quantitative estimate of drug-likeness (QED) is 0.556. The normalized spacial score (nSPS) is 17.9. The van der Waals surface area contributed by atoms with Crippen molar-refractivity contribution in [3.8, 4) is 11.1 Å². The van der Waals surface area contributed by atoms with Gasteiger partial charge in [0.05, 0.1) is 30.0 Å². The third kappa shape index (κ3) is 5.03. The molecule has 10 heteroatoms. The van der Waals surface area contributed by atoms with Crippen LogP contribution in [0.5, 0.6) is 0 Å². The molecule has 0 spiro atoms. The van der Waals surface area contributed by atoms with E-state index >= 15 is 0 Å². The van der Waals surface area contributed by atoms with Crippen LogP contribution >= 0.6 is 11.3 Å². The molecule has 1 fully saturated rings. The van der Waals surface area contributed by atoms with Gasteiger partial charge in [-0.2, -0.15) is 0 Å². The van der Waals surface area contributed by atoms with Crippen molar-refractivity contribution in [1.29, 1.82) is 0 Å². The zero-order chi connectivity index (χ0) is 22.0. The van der Waals surface area contributed by atoms with Crippen molar-refractivity contribution in [3.05, 3.63) is 51.9 Å². The third-order valence-electron chi connectivity index (χ3n) is 5.36. The second-order valence-electron chi connectivity index (χ2n) is 7.68. The Kier molecular flexibility index (Phi) is 6.22. The number of likely N-dealkylation sites (N-methyl/N-ethyl adjacent to an activating group) is 1. The molecule has 1 aromatic carbocycles. The van der Waals surface area contributed by atoms with Gasteiger partial charge in [-0.25, -0.2) is 13.4 Å². The first-order chi connectivity index (χ1) is 14.8. The molecule has 3 aromatic rings. The maximum Gasteiger partial charge on any atom is 0.260 e. The fourth-order valence-electron chi connectivity index (χ4n) is 3.78. The van der Waals surface area contributed by atoms with Gasteiger partial charge in [-0.05, 0) is 18.5 Å². The second kappa shape index (κ2) is 8.89. The minimum Gasteiger partial charge on any atom is -0.351 e. The summed E-state index contributed by atoms with van der Waals surface area (Å²) in [6, 6.07) is 9.39. The highest BCUT2D eigenvalue weighted by Crippen LogP contribution is 2.30. The summed E-state index contributed by atoms with van der Waals surface area (Å²) < 4.78 is 23.1. The Morgan fingerprint density at radius 2 is 2.10 bits per heavy atom. The zero-order valence-electron chi connectivity index (χ0n) is 17.1. The van der Waals surface area contributed by atoms with Crippen LogP contribution in [0.1, 0.15) is 19.2 Å². The summed E-state index contributed by atoms with van der Waals surface area (Å²) in [5.41, 5.74) is 1.63. The second-order valence-corrected chi connectivity index (χ2v) is 10.8. The average molecular weight is 461 g/mol. The smallest absolute Gasteiger partial charge is 0.260 e. The molecule has 8 nitrogen and oxygen atoms in total. The molecule has 0 saturated carbocycles. The molecule has 4 rings (SSSR count). The summed E-state index contributed by atoms with van der Waals surface area (Å²) in [4.78, 5) is 35.1. The van der Waals surface area contributed by atoms with E-state index in [0.717, 1.165) is 11.1 Å². The van der Waals surface area contributed by atoms with Crippen LogP contribution in [-0.4, -0.2) is 59.8 Å². The summed E-state index contributed by atoms with van der Waals surface area (Å²) in [6.07, 6.45) is 0.452. The molecule has 2 aromatic heterocycles. The van der Waals surface area contributed by atoms with Gasteiger partial charge in [0.2, 0.25) is 5.91 Å². The van der Waals surface area contributed by atoms with Crippen LogP contribution in [0, 0.1) is 0 Å². The van der Waals surface area contributed by atoms with Gasteiger partial charge in [0.1, 0.15) is 10.7 Å². The van der Waals surface area contributed by atoms with E-state index in [0.29, 0.717) is 35.6 Å². The van der Waals surface area contributed by atoms with E-state index in [-0.39, 0.29) is 35.6 Å². The van der Waals surface area contributed by atoms with E-state index in [9.17, 15) is 18.0 Å². The van der Waals surface area contributed by atoms with Gasteiger partial charge < -0.3 is 10.3 Å². The predicted octanol–water partition coefficient (Wildman–Crippen LogP) is 1.78. The summed E-state index contributed by atoms with van der Waals surface area (Å²) in [5.74, 6) is 0.386. The van der Waals surface area contributed by atoms with E-state index < -0.39 is 9.84 Å². The lowest BCUT2D eigenvalue weighted by Gasteiger charge is -2.20. The molecule has 1 amide bonds. The highest BCUT2D eigenvalue weighted by atomic mass is 32.2. The van der Waals surface area contributed by atoms with E-state index in [2.05, 4.69) is 15.3 Å². The Balaban J connectivity index is 1.47. The minimum absolute atomic E-state index is 0.00146. The summed E-state index contributed by atoms with van der Waals surface area (Å²) in [7, 11) is -3.04. The summed E-state index contributed by atoms with van der Waals surface area (Å²) >= 11 is 1.42. The van der Waals surface area contributed by atoms with Crippen molar-refractivity contribution in [3.63, 3.8) is 0 Å². The summed E-state index contributed by atoms with van der Waals surface area (Å²) in [6.45, 7) is 2.92. The maximum absolute atomic E-state index is 12.8. The van der Waals surface area contributed by atoms with Gasteiger partial charge in [0.15, 0.2) is 9.84 Å². The molecule has 0 aliphatic carbocycles. The average Bonchev–Trinajstić information content (AvgIpc) is 3.31. The molecule has 2 N–H and O–H groups in total. The van der Waals surface area contributed by atoms with Gasteiger partial charge >= 0.3 is 0 Å². The molecule has 1 aliphatic rings. The predicted molar refractivity (Wildman–Crippen MR) is 122 cm³/mol. The van der Waals surface area contributed by atoms with Crippen LogP contribution in [0.25, 0.3) is 21.3 Å². The topological polar surface area (TPSA) is 112 Å². The highest BCUT2D eigenvalue weighted by Gasteiger charge is 2.29. The Labute approximate surface area is 184 Å². The molecule has 31 heavy (non-hydrogen) atoms. The zero-order valence-corrected chi connectivity index (χ0v) is 18.8. The number of carbonyl (C=O) groups excluding carboxylic acids is 1. The number of thiophene rings is 1. The number of aromatic nitrogens is 2. The van der Waals surface area contributed by atoms with Crippen LogP contribution in [0.3, 0.4) is 0 Å². The van der Waals surface area contributed by atoms with Crippen molar-refractivity contribution >= 4 is 37.3 Å². The van der Waals surface area contributed by atoms with Crippen LogP contribution < -0.4 is 10.9 Å². The lowest BCUT2D eigenvalue weighted by atomic mass is 10.1. The molecular weight excluding hydrogens is 436 g/mol. The van der Waals surface area contributed by atoms with Crippen LogP contribution in [-0.2, 0) is 21.2 Å². The number of amides is 1. The van der Waals surface area contributed by atoms with Crippen molar-refractivity contribution < 1.29 is 13.2 Å². The maximum atomic E-state index is 12.8. The number of nitrogens with one attached hydrogen (secondary N) is 2. The SMILES string of the molecule is CCN(CC(=O)NC1CCS(=O)(=O)C1)Cc1nc2scc(-c3ccccc3)c2c(=O)[nH]1. The van der Waals surface area contributed by atoms with Gasteiger partial charge in [-0.3, -0.25) is 14.5 Å². The first-order valence-electron chi connectivity index (χ1n) is 10.1. The Morgan fingerprint density at radius 1 is 1.32 bits per heavy atom. The van der Waals surface area contributed by atoms with Gasteiger partial charge in [-0.15, -0.1) is 11.3 Å². The number of nitrogens with zero attached hydrogens (tertiary/aromatic N) is 2. The molecule has 1 atom stereocenters. The van der Waals surface area contributed by atoms with E-state index in [1.165, 1.54) is 11.3 Å².